The Balaban J connectivity index is 1.98. The van der Waals surface area contributed by atoms with Gasteiger partial charge >= 0.3 is 0 Å². The Bertz CT molecular complexity index is 608. The molecule has 1 N–H and O–H groups in total. The number of rotatable bonds is 7. The fraction of sp³-hybridized carbons (Fsp3) is 0.588. The molecule has 0 spiro atoms. The van der Waals surface area contributed by atoms with E-state index in [1.165, 1.54) is 0 Å². The summed E-state index contributed by atoms with van der Waals surface area (Å²) in [5, 5.41) is 0. The van der Waals surface area contributed by atoms with Crippen LogP contribution in [-0.4, -0.2) is 44.1 Å². The standard InChI is InChI=1S/C17H26N2O3S/c1-14(2)16(17(20)19-11-6-7-12-19)18-23(21,22)13-10-15-8-4-3-5-9-15/h3-5,8-9,14,16,18H,6-7,10-13H2,1-2H3/t16-/m0/s1. The highest BCUT2D eigenvalue weighted by atomic mass is 32.2. The Labute approximate surface area is 139 Å². The first-order chi connectivity index (χ1) is 10.9. The minimum Gasteiger partial charge on any atom is -0.341 e. The van der Waals surface area contributed by atoms with Crippen LogP contribution in [0.1, 0.15) is 32.3 Å². The highest BCUT2D eigenvalue weighted by Gasteiger charge is 2.31. The van der Waals surface area contributed by atoms with Crippen molar-refractivity contribution >= 4 is 15.9 Å². The van der Waals surface area contributed by atoms with Crippen molar-refractivity contribution in [2.45, 2.75) is 39.2 Å². The third-order valence-electron chi connectivity index (χ3n) is 4.16. The van der Waals surface area contributed by atoms with E-state index in [1.54, 1.807) is 4.90 Å². The lowest BCUT2D eigenvalue weighted by Gasteiger charge is -2.26. The number of likely N-dealkylation sites (tertiary alicyclic amines) is 1. The summed E-state index contributed by atoms with van der Waals surface area (Å²) >= 11 is 0. The maximum Gasteiger partial charge on any atom is 0.241 e. The normalized spacial score (nSPS) is 16.7. The summed E-state index contributed by atoms with van der Waals surface area (Å²) in [6.45, 7) is 5.21. The van der Waals surface area contributed by atoms with Crippen LogP contribution in [-0.2, 0) is 21.2 Å². The smallest absolute Gasteiger partial charge is 0.241 e. The molecule has 1 aliphatic rings. The predicted octanol–water partition coefficient (Wildman–Crippen LogP) is 1.80. The van der Waals surface area contributed by atoms with E-state index in [0.717, 1.165) is 31.5 Å². The topological polar surface area (TPSA) is 66.5 Å². The Morgan fingerprint density at radius 1 is 1.17 bits per heavy atom. The van der Waals surface area contributed by atoms with Crippen LogP contribution in [0.2, 0.25) is 0 Å². The molecule has 0 unspecified atom stereocenters. The molecule has 1 aliphatic heterocycles. The molecule has 1 heterocycles. The quantitative estimate of drug-likeness (QED) is 0.824. The largest absolute Gasteiger partial charge is 0.341 e. The fourth-order valence-electron chi connectivity index (χ4n) is 2.76. The van der Waals surface area contributed by atoms with Crippen LogP contribution < -0.4 is 4.72 Å². The molecule has 23 heavy (non-hydrogen) atoms. The molecular weight excluding hydrogens is 312 g/mol. The molecule has 1 aromatic rings. The zero-order valence-corrected chi connectivity index (χ0v) is 14.7. The van der Waals surface area contributed by atoms with Crippen LogP contribution in [0.25, 0.3) is 0 Å². The Morgan fingerprint density at radius 3 is 2.35 bits per heavy atom. The van der Waals surface area contributed by atoms with Crippen molar-refractivity contribution in [1.29, 1.82) is 0 Å². The molecule has 1 saturated heterocycles. The van der Waals surface area contributed by atoms with Crippen LogP contribution in [0.5, 0.6) is 0 Å². The molecule has 0 aromatic heterocycles. The molecule has 2 rings (SSSR count). The zero-order valence-electron chi connectivity index (χ0n) is 13.9. The molecule has 1 fully saturated rings. The summed E-state index contributed by atoms with van der Waals surface area (Å²) < 4.78 is 27.3. The molecule has 5 nitrogen and oxygen atoms in total. The molecular formula is C17H26N2O3S. The Kier molecular flexibility index (Phi) is 6.18. The second kappa shape index (κ2) is 7.93. The number of carbonyl (C=O) groups is 1. The van der Waals surface area contributed by atoms with E-state index >= 15 is 0 Å². The molecule has 0 radical (unpaired) electrons. The third-order valence-corrected chi connectivity index (χ3v) is 5.51. The van der Waals surface area contributed by atoms with Crippen LogP contribution in [0, 0.1) is 5.92 Å². The summed E-state index contributed by atoms with van der Waals surface area (Å²) in [6.07, 6.45) is 2.44. The number of nitrogens with zero attached hydrogens (tertiary/aromatic N) is 1. The highest BCUT2D eigenvalue weighted by Crippen LogP contribution is 2.14. The molecule has 1 amide bonds. The second-order valence-electron chi connectivity index (χ2n) is 6.43. The Hall–Kier alpha value is -1.40. The van der Waals surface area contributed by atoms with E-state index in [-0.39, 0.29) is 17.6 Å². The minimum atomic E-state index is -3.50. The maximum atomic E-state index is 12.5. The first-order valence-electron chi connectivity index (χ1n) is 8.22. The summed E-state index contributed by atoms with van der Waals surface area (Å²) in [5.74, 6) is -0.177. The SMILES string of the molecule is CC(C)[C@H](NS(=O)(=O)CCc1ccccc1)C(=O)N1CCCC1. The van der Waals surface area contributed by atoms with Gasteiger partial charge in [-0.1, -0.05) is 44.2 Å². The highest BCUT2D eigenvalue weighted by molar-refractivity contribution is 7.89. The molecule has 6 heteroatoms. The second-order valence-corrected chi connectivity index (χ2v) is 8.30. The zero-order chi connectivity index (χ0) is 16.9. The van der Waals surface area contributed by atoms with E-state index in [0.29, 0.717) is 6.42 Å². The van der Waals surface area contributed by atoms with Gasteiger partial charge in [-0.2, -0.15) is 0 Å². The van der Waals surface area contributed by atoms with Crippen molar-refractivity contribution in [3.63, 3.8) is 0 Å². The first-order valence-corrected chi connectivity index (χ1v) is 9.87. The lowest BCUT2D eigenvalue weighted by molar-refractivity contribution is -0.132. The molecule has 1 atom stereocenters. The average Bonchev–Trinajstić information content (AvgIpc) is 3.05. The van der Waals surface area contributed by atoms with Crippen LogP contribution >= 0.6 is 0 Å². The predicted molar refractivity (Wildman–Crippen MR) is 91.5 cm³/mol. The number of carbonyl (C=O) groups excluding carboxylic acids is 1. The van der Waals surface area contributed by atoms with Gasteiger partial charge < -0.3 is 4.90 Å². The molecule has 1 aromatic carbocycles. The average molecular weight is 338 g/mol. The number of benzene rings is 1. The number of aryl methyl sites for hydroxylation is 1. The van der Waals surface area contributed by atoms with Gasteiger partial charge in [-0.3, -0.25) is 4.79 Å². The molecule has 0 bridgehead atoms. The fourth-order valence-corrected chi connectivity index (χ4v) is 4.14. The number of hydrogen-bond donors (Lipinski definition) is 1. The van der Waals surface area contributed by atoms with Crippen LogP contribution in [0.3, 0.4) is 0 Å². The van der Waals surface area contributed by atoms with Gasteiger partial charge in [-0.05, 0) is 30.7 Å². The third kappa shape index (κ3) is 5.32. The first kappa shape index (κ1) is 17.9. The number of hydrogen-bond acceptors (Lipinski definition) is 3. The van der Waals surface area contributed by atoms with E-state index in [4.69, 9.17) is 0 Å². The number of nitrogens with one attached hydrogen (secondary N) is 1. The molecule has 128 valence electrons. The van der Waals surface area contributed by atoms with Gasteiger partial charge in [0.2, 0.25) is 15.9 Å². The van der Waals surface area contributed by atoms with Gasteiger partial charge in [-0.15, -0.1) is 0 Å². The van der Waals surface area contributed by atoms with Gasteiger partial charge in [0.25, 0.3) is 0 Å². The summed E-state index contributed by atoms with van der Waals surface area (Å²) in [7, 11) is -3.50. The van der Waals surface area contributed by atoms with Gasteiger partial charge in [0.15, 0.2) is 0 Å². The van der Waals surface area contributed by atoms with E-state index in [9.17, 15) is 13.2 Å². The monoisotopic (exact) mass is 338 g/mol. The molecule has 0 aliphatic carbocycles. The maximum absolute atomic E-state index is 12.5. The number of sulfonamides is 1. The van der Waals surface area contributed by atoms with E-state index < -0.39 is 16.1 Å². The van der Waals surface area contributed by atoms with E-state index in [1.807, 2.05) is 44.2 Å². The van der Waals surface area contributed by atoms with Crippen molar-refractivity contribution < 1.29 is 13.2 Å². The summed E-state index contributed by atoms with van der Waals surface area (Å²) in [5.41, 5.74) is 0.977. The van der Waals surface area contributed by atoms with Gasteiger partial charge in [0, 0.05) is 13.1 Å². The van der Waals surface area contributed by atoms with Gasteiger partial charge in [0.1, 0.15) is 6.04 Å². The Morgan fingerprint density at radius 2 is 1.78 bits per heavy atom. The lowest BCUT2D eigenvalue weighted by atomic mass is 10.0. The van der Waals surface area contributed by atoms with E-state index in [2.05, 4.69) is 4.72 Å². The molecule has 0 saturated carbocycles. The van der Waals surface area contributed by atoms with Gasteiger partial charge in [0.05, 0.1) is 5.75 Å². The number of amides is 1. The van der Waals surface area contributed by atoms with Crippen LogP contribution in [0.4, 0.5) is 0 Å². The van der Waals surface area contributed by atoms with Crippen molar-refractivity contribution in [2.24, 2.45) is 5.92 Å². The minimum absolute atomic E-state index is 0.00644. The van der Waals surface area contributed by atoms with Crippen molar-refractivity contribution in [1.82, 2.24) is 9.62 Å². The summed E-state index contributed by atoms with van der Waals surface area (Å²) in [4.78, 5) is 14.3. The summed E-state index contributed by atoms with van der Waals surface area (Å²) in [6, 6.07) is 8.83. The lowest BCUT2D eigenvalue weighted by Crippen LogP contribution is -2.51. The van der Waals surface area contributed by atoms with Crippen molar-refractivity contribution in [3.8, 4) is 0 Å². The van der Waals surface area contributed by atoms with Crippen LogP contribution in [0.15, 0.2) is 30.3 Å². The van der Waals surface area contributed by atoms with Crippen molar-refractivity contribution in [2.75, 3.05) is 18.8 Å². The van der Waals surface area contributed by atoms with Crippen molar-refractivity contribution in [3.05, 3.63) is 35.9 Å². The van der Waals surface area contributed by atoms with Gasteiger partial charge in [-0.25, -0.2) is 13.1 Å².